The number of hydrogen-bond acceptors (Lipinski definition) is 4. The average molecular weight is 259 g/mol. The SMILES string of the molecule is CN1CC2(C)OC(=O)C(O)=C2CC1c1ccccc1. The molecule has 0 bridgehead atoms. The summed E-state index contributed by atoms with van der Waals surface area (Å²) >= 11 is 0. The van der Waals surface area contributed by atoms with Gasteiger partial charge in [0.1, 0.15) is 5.60 Å². The van der Waals surface area contributed by atoms with Crippen molar-refractivity contribution in [2.75, 3.05) is 13.6 Å². The van der Waals surface area contributed by atoms with Gasteiger partial charge in [-0.1, -0.05) is 30.3 Å². The summed E-state index contributed by atoms with van der Waals surface area (Å²) in [7, 11) is 2.02. The molecule has 2 unspecified atom stereocenters. The number of hydrogen-bond donors (Lipinski definition) is 1. The summed E-state index contributed by atoms with van der Waals surface area (Å²) in [6.07, 6.45) is 0.620. The molecule has 4 nitrogen and oxygen atoms in total. The largest absolute Gasteiger partial charge is 0.502 e. The molecule has 0 saturated carbocycles. The van der Waals surface area contributed by atoms with Crippen molar-refractivity contribution in [1.82, 2.24) is 4.90 Å². The fourth-order valence-corrected chi connectivity index (χ4v) is 3.11. The number of carbonyl (C=O) groups is 1. The van der Waals surface area contributed by atoms with E-state index >= 15 is 0 Å². The van der Waals surface area contributed by atoms with Gasteiger partial charge < -0.3 is 9.84 Å². The van der Waals surface area contributed by atoms with Crippen LogP contribution >= 0.6 is 0 Å². The Morgan fingerprint density at radius 2 is 2.05 bits per heavy atom. The number of piperidine rings is 1. The van der Waals surface area contributed by atoms with Gasteiger partial charge in [-0.15, -0.1) is 0 Å². The molecule has 1 fully saturated rings. The second-order valence-corrected chi connectivity index (χ2v) is 5.49. The lowest BCUT2D eigenvalue weighted by Gasteiger charge is -2.41. The molecule has 0 aromatic heterocycles. The van der Waals surface area contributed by atoms with Crippen molar-refractivity contribution in [3.63, 3.8) is 0 Å². The number of aliphatic hydroxyl groups excluding tert-OH is 1. The number of nitrogens with zero attached hydrogens (tertiary/aromatic N) is 1. The molecule has 0 amide bonds. The van der Waals surface area contributed by atoms with E-state index in [0.29, 0.717) is 13.0 Å². The van der Waals surface area contributed by atoms with Gasteiger partial charge in [0.2, 0.25) is 5.76 Å². The first kappa shape index (κ1) is 12.2. The zero-order valence-electron chi connectivity index (χ0n) is 11.1. The van der Waals surface area contributed by atoms with E-state index in [1.807, 2.05) is 32.2 Å². The van der Waals surface area contributed by atoms with Crippen molar-refractivity contribution in [2.45, 2.75) is 25.0 Å². The van der Waals surface area contributed by atoms with Crippen LogP contribution in [0.25, 0.3) is 0 Å². The van der Waals surface area contributed by atoms with Gasteiger partial charge in [-0.05, 0) is 26.0 Å². The fourth-order valence-electron chi connectivity index (χ4n) is 3.11. The third-order valence-electron chi connectivity index (χ3n) is 4.10. The molecule has 0 radical (unpaired) electrons. The maximum absolute atomic E-state index is 11.5. The Balaban J connectivity index is 1.98. The van der Waals surface area contributed by atoms with Crippen LogP contribution in [0.1, 0.15) is 24.9 Å². The first-order valence-corrected chi connectivity index (χ1v) is 6.42. The molecule has 1 N–H and O–H groups in total. The third kappa shape index (κ3) is 1.83. The van der Waals surface area contributed by atoms with Gasteiger partial charge in [0, 0.05) is 18.2 Å². The highest BCUT2D eigenvalue weighted by molar-refractivity contribution is 5.90. The monoisotopic (exact) mass is 259 g/mol. The number of benzene rings is 1. The van der Waals surface area contributed by atoms with Crippen molar-refractivity contribution in [1.29, 1.82) is 0 Å². The molecule has 100 valence electrons. The molecule has 3 rings (SSSR count). The van der Waals surface area contributed by atoms with Crippen LogP contribution in [0.2, 0.25) is 0 Å². The lowest BCUT2D eigenvalue weighted by molar-refractivity contribution is -0.150. The number of esters is 1. The minimum absolute atomic E-state index is 0.168. The summed E-state index contributed by atoms with van der Waals surface area (Å²) in [6.45, 7) is 2.46. The smallest absolute Gasteiger partial charge is 0.374 e. The first-order valence-electron chi connectivity index (χ1n) is 6.42. The minimum Gasteiger partial charge on any atom is -0.502 e. The van der Waals surface area contributed by atoms with Gasteiger partial charge in [0.05, 0.1) is 0 Å². The Kier molecular flexibility index (Phi) is 2.64. The van der Waals surface area contributed by atoms with Crippen LogP contribution in [0.4, 0.5) is 0 Å². The minimum atomic E-state index is -0.679. The van der Waals surface area contributed by atoms with Crippen molar-refractivity contribution in [2.24, 2.45) is 0 Å². The molecule has 0 aliphatic carbocycles. The van der Waals surface area contributed by atoms with Crippen molar-refractivity contribution in [3.05, 3.63) is 47.2 Å². The predicted octanol–water partition coefficient (Wildman–Crippen LogP) is 2.19. The summed E-state index contributed by atoms with van der Waals surface area (Å²) in [5.74, 6) is -0.795. The van der Waals surface area contributed by atoms with Crippen LogP contribution in [0.3, 0.4) is 0 Å². The van der Waals surface area contributed by atoms with E-state index < -0.39 is 11.6 Å². The van der Waals surface area contributed by atoms with Gasteiger partial charge in [-0.2, -0.15) is 0 Å². The lowest BCUT2D eigenvalue weighted by Crippen LogP contribution is -2.47. The molecule has 1 saturated heterocycles. The summed E-state index contributed by atoms with van der Waals surface area (Å²) < 4.78 is 5.31. The molecule has 0 spiro atoms. The summed E-state index contributed by atoms with van der Waals surface area (Å²) in [6, 6.07) is 10.3. The number of rotatable bonds is 1. The van der Waals surface area contributed by atoms with Crippen LogP contribution in [-0.4, -0.2) is 35.2 Å². The highest BCUT2D eigenvalue weighted by Gasteiger charge is 2.49. The molecular weight excluding hydrogens is 242 g/mol. The van der Waals surface area contributed by atoms with Gasteiger partial charge in [0.25, 0.3) is 0 Å². The molecule has 2 aliphatic heterocycles. The van der Waals surface area contributed by atoms with Crippen LogP contribution < -0.4 is 0 Å². The van der Waals surface area contributed by atoms with E-state index in [2.05, 4.69) is 17.0 Å². The second-order valence-electron chi connectivity index (χ2n) is 5.49. The first-order chi connectivity index (χ1) is 9.01. The lowest BCUT2D eigenvalue weighted by atomic mass is 9.83. The standard InChI is InChI=1S/C15H17NO3/c1-15-9-16(2)12(10-6-4-3-5-7-10)8-11(15)13(17)14(18)19-15/h3-7,12,17H,8-9H2,1-2H3. The Morgan fingerprint density at radius 3 is 2.74 bits per heavy atom. The highest BCUT2D eigenvalue weighted by Crippen LogP contribution is 2.44. The third-order valence-corrected chi connectivity index (χ3v) is 4.10. The number of likely N-dealkylation sites (N-methyl/N-ethyl adjacent to an activating group) is 1. The quantitative estimate of drug-likeness (QED) is 0.785. The highest BCUT2D eigenvalue weighted by atomic mass is 16.6. The maximum atomic E-state index is 11.5. The van der Waals surface area contributed by atoms with E-state index in [1.54, 1.807) is 0 Å². The molecule has 1 aromatic rings. The summed E-state index contributed by atoms with van der Waals surface area (Å²) in [5, 5.41) is 9.90. The zero-order valence-corrected chi connectivity index (χ0v) is 11.1. The van der Waals surface area contributed by atoms with Crippen LogP contribution in [0, 0.1) is 0 Å². The molecule has 4 heteroatoms. The zero-order chi connectivity index (χ0) is 13.6. The molecule has 19 heavy (non-hydrogen) atoms. The Hall–Kier alpha value is -1.81. The van der Waals surface area contributed by atoms with Gasteiger partial charge in [0.15, 0.2) is 0 Å². The van der Waals surface area contributed by atoms with Crippen LogP contribution in [0.5, 0.6) is 0 Å². The van der Waals surface area contributed by atoms with E-state index in [-0.39, 0.29) is 11.8 Å². The normalized spacial score (nSPS) is 31.3. The second kappa shape index (κ2) is 4.10. The molecular formula is C15H17NO3. The van der Waals surface area contributed by atoms with Crippen molar-refractivity contribution >= 4 is 5.97 Å². The number of likely N-dealkylation sites (tertiary alicyclic amines) is 1. The van der Waals surface area contributed by atoms with Crippen LogP contribution in [-0.2, 0) is 9.53 Å². The number of aliphatic hydroxyl groups is 1. The number of ether oxygens (including phenoxy) is 1. The summed E-state index contributed by atoms with van der Waals surface area (Å²) in [5.41, 5.74) is 1.23. The van der Waals surface area contributed by atoms with E-state index in [4.69, 9.17) is 4.74 Å². The average Bonchev–Trinajstić information content (AvgIpc) is 2.59. The van der Waals surface area contributed by atoms with Gasteiger partial charge in [-0.3, -0.25) is 4.90 Å². The molecule has 2 aliphatic rings. The van der Waals surface area contributed by atoms with E-state index in [9.17, 15) is 9.90 Å². The topological polar surface area (TPSA) is 49.8 Å². The molecule has 2 atom stereocenters. The van der Waals surface area contributed by atoms with Crippen LogP contribution in [0.15, 0.2) is 41.7 Å². The Morgan fingerprint density at radius 1 is 1.37 bits per heavy atom. The number of carbonyl (C=O) groups excluding carboxylic acids is 1. The Labute approximate surface area is 112 Å². The number of fused-ring (bicyclic) bond motifs is 1. The maximum Gasteiger partial charge on any atom is 0.374 e. The Bertz CT molecular complexity index is 552. The van der Waals surface area contributed by atoms with Gasteiger partial charge >= 0.3 is 5.97 Å². The van der Waals surface area contributed by atoms with Crippen molar-refractivity contribution < 1.29 is 14.6 Å². The van der Waals surface area contributed by atoms with Crippen molar-refractivity contribution in [3.8, 4) is 0 Å². The van der Waals surface area contributed by atoms with Gasteiger partial charge in [-0.25, -0.2) is 4.79 Å². The predicted molar refractivity (Wildman–Crippen MR) is 70.6 cm³/mol. The summed E-state index contributed by atoms with van der Waals surface area (Å²) in [4.78, 5) is 13.7. The molecule has 1 aromatic carbocycles. The van der Waals surface area contributed by atoms with E-state index in [0.717, 1.165) is 5.57 Å². The van der Waals surface area contributed by atoms with E-state index in [1.165, 1.54) is 5.56 Å². The fraction of sp³-hybridized carbons (Fsp3) is 0.400. The molecule has 2 heterocycles.